The van der Waals surface area contributed by atoms with Crippen molar-refractivity contribution in [2.75, 3.05) is 7.11 Å². The molecule has 0 aromatic heterocycles. The summed E-state index contributed by atoms with van der Waals surface area (Å²) in [6.45, 7) is 0. The average Bonchev–Trinajstić information content (AvgIpc) is 2.39. The molecule has 0 bridgehead atoms. The molecule has 0 saturated heterocycles. The van der Waals surface area contributed by atoms with Gasteiger partial charge in [-0.15, -0.1) is 0 Å². The molecule has 2 rings (SSSR count). The Morgan fingerprint density at radius 3 is 2.76 bits per heavy atom. The van der Waals surface area contributed by atoms with E-state index in [2.05, 4.69) is 0 Å². The van der Waals surface area contributed by atoms with E-state index in [0.29, 0.717) is 16.9 Å². The largest absolute Gasteiger partial charge is 0.507 e. The topological polar surface area (TPSA) is 46.5 Å². The molecule has 0 heterocycles. The lowest BCUT2D eigenvalue weighted by Crippen LogP contribution is -2.03. The number of carbonyl (C=O) groups is 1. The smallest absolute Gasteiger partial charge is 0.196 e. The number of aromatic hydroxyl groups is 1. The van der Waals surface area contributed by atoms with E-state index in [1.54, 1.807) is 18.2 Å². The highest BCUT2D eigenvalue weighted by atomic mass is 16.5. The SMILES string of the molecule is COc1ccc(C(=O)C2=CCCC=C2)c(O)c1. The second kappa shape index (κ2) is 4.87. The normalized spacial score (nSPS) is 14.3. The van der Waals surface area contributed by atoms with Crippen molar-refractivity contribution in [3.63, 3.8) is 0 Å². The van der Waals surface area contributed by atoms with Crippen LogP contribution in [0.5, 0.6) is 11.5 Å². The van der Waals surface area contributed by atoms with Crippen LogP contribution in [0.3, 0.4) is 0 Å². The molecule has 0 amide bonds. The molecule has 1 aromatic carbocycles. The van der Waals surface area contributed by atoms with Crippen molar-refractivity contribution >= 4 is 5.78 Å². The maximum absolute atomic E-state index is 12.1. The minimum absolute atomic E-state index is 0.0470. The van der Waals surface area contributed by atoms with E-state index in [9.17, 15) is 9.90 Å². The summed E-state index contributed by atoms with van der Waals surface area (Å²) in [6.07, 6.45) is 7.50. The molecule has 1 aliphatic rings. The zero-order chi connectivity index (χ0) is 12.3. The number of Topliss-reactive ketones (excluding diaryl/α,β-unsaturated/α-hetero) is 1. The first-order valence-corrected chi connectivity index (χ1v) is 5.51. The number of rotatable bonds is 3. The zero-order valence-electron chi connectivity index (χ0n) is 9.64. The summed E-state index contributed by atoms with van der Waals surface area (Å²) in [5, 5.41) is 9.77. The van der Waals surface area contributed by atoms with Gasteiger partial charge in [-0.2, -0.15) is 0 Å². The summed E-state index contributed by atoms with van der Waals surface area (Å²) in [6, 6.07) is 4.69. The summed E-state index contributed by atoms with van der Waals surface area (Å²) in [5.41, 5.74) is 0.945. The van der Waals surface area contributed by atoms with Crippen molar-refractivity contribution in [2.45, 2.75) is 12.8 Å². The van der Waals surface area contributed by atoms with Crippen LogP contribution in [-0.4, -0.2) is 18.0 Å². The molecule has 1 N–H and O–H groups in total. The molecule has 1 aromatic rings. The maximum Gasteiger partial charge on any atom is 0.196 e. The van der Waals surface area contributed by atoms with Gasteiger partial charge in [0.25, 0.3) is 0 Å². The van der Waals surface area contributed by atoms with Crippen molar-refractivity contribution < 1.29 is 14.6 Å². The number of allylic oxidation sites excluding steroid dienone is 4. The van der Waals surface area contributed by atoms with Gasteiger partial charge in [0, 0.05) is 11.6 Å². The Labute approximate surface area is 100 Å². The lowest BCUT2D eigenvalue weighted by molar-refractivity contribution is 0.103. The van der Waals surface area contributed by atoms with Gasteiger partial charge in [0.1, 0.15) is 11.5 Å². The first-order chi connectivity index (χ1) is 8.22. The van der Waals surface area contributed by atoms with Crippen LogP contribution in [0.1, 0.15) is 23.2 Å². The molecule has 88 valence electrons. The quantitative estimate of drug-likeness (QED) is 0.812. The fourth-order valence-corrected chi connectivity index (χ4v) is 1.77. The molecule has 3 heteroatoms. The first-order valence-electron chi connectivity index (χ1n) is 5.51. The molecule has 0 aliphatic heterocycles. The monoisotopic (exact) mass is 230 g/mol. The van der Waals surface area contributed by atoms with Gasteiger partial charge in [-0.05, 0) is 25.0 Å². The van der Waals surface area contributed by atoms with Crippen LogP contribution in [0, 0.1) is 0 Å². The Morgan fingerprint density at radius 1 is 1.35 bits per heavy atom. The Balaban J connectivity index is 2.31. The molecular weight excluding hydrogens is 216 g/mol. The lowest BCUT2D eigenvalue weighted by atomic mass is 9.97. The Bertz CT molecular complexity index is 498. The van der Waals surface area contributed by atoms with Crippen molar-refractivity contribution in [1.29, 1.82) is 0 Å². The summed E-state index contributed by atoms with van der Waals surface area (Å²) >= 11 is 0. The summed E-state index contributed by atoms with van der Waals surface area (Å²) in [4.78, 5) is 12.1. The molecule has 0 fully saturated rings. The van der Waals surface area contributed by atoms with Crippen LogP contribution in [0.25, 0.3) is 0 Å². The molecule has 17 heavy (non-hydrogen) atoms. The first kappa shape index (κ1) is 11.5. The predicted octanol–water partition coefficient (Wildman–Crippen LogP) is 2.86. The molecule has 3 nitrogen and oxygen atoms in total. The molecule has 1 aliphatic carbocycles. The standard InChI is InChI=1S/C14H14O3/c1-17-11-7-8-12(13(15)9-11)14(16)10-5-3-2-4-6-10/h3,5-9,15H,2,4H2,1H3. The van der Waals surface area contributed by atoms with Gasteiger partial charge in [-0.25, -0.2) is 0 Å². The van der Waals surface area contributed by atoms with Crippen molar-refractivity contribution in [3.8, 4) is 11.5 Å². The van der Waals surface area contributed by atoms with Gasteiger partial charge in [0.2, 0.25) is 0 Å². The van der Waals surface area contributed by atoms with Gasteiger partial charge >= 0.3 is 0 Å². The number of hydrogen-bond donors (Lipinski definition) is 1. The highest BCUT2D eigenvalue weighted by molar-refractivity contribution is 6.12. The predicted molar refractivity (Wildman–Crippen MR) is 65.4 cm³/mol. The second-order valence-electron chi connectivity index (χ2n) is 3.85. The van der Waals surface area contributed by atoms with Crippen LogP contribution >= 0.6 is 0 Å². The van der Waals surface area contributed by atoms with Gasteiger partial charge in [0.15, 0.2) is 5.78 Å². The van der Waals surface area contributed by atoms with Gasteiger partial charge in [0.05, 0.1) is 12.7 Å². The molecule has 0 radical (unpaired) electrons. The van der Waals surface area contributed by atoms with E-state index in [0.717, 1.165) is 12.8 Å². The Kier molecular flexibility index (Phi) is 3.28. The molecule has 0 unspecified atom stereocenters. The highest BCUT2D eigenvalue weighted by Crippen LogP contribution is 2.26. The zero-order valence-corrected chi connectivity index (χ0v) is 9.64. The van der Waals surface area contributed by atoms with Crippen LogP contribution in [0.4, 0.5) is 0 Å². The molecular formula is C14H14O3. The Hall–Kier alpha value is -2.03. The third-order valence-electron chi connectivity index (χ3n) is 2.71. The van der Waals surface area contributed by atoms with E-state index < -0.39 is 0 Å². The third-order valence-corrected chi connectivity index (χ3v) is 2.71. The minimum atomic E-state index is -0.152. The Morgan fingerprint density at radius 2 is 2.18 bits per heavy atom. The van der Waals surface area contributed by atoms with Crippen LogP contribution in [-0.2, 0) is 0 Å². The van der Waals surface area contributed by atoms with Gasteiger partial charge in [-0.1, -0.05) is 18.2 Å². The van der Waals surface area contributed by atoms with E-state index in [-0.39, 0.29) is 11.5 Å². The number of phenolic OH excluding ortho intramolecular Hbond substituents is 1. The van der Waals surface area contributed by atoms with E-state index in [4.69, 9.17) is 4.74 Å². The number of methoxy groups -OCH3 is 1. The van der Waals surface area contributed by atoms with Crippen molar-refractivity contribution in [1.82, 2.24) is 0 Å². The van der Waals surface area contributed by atoms with E-state index in [1.165, 1.54) is 13.2 Å². The lowest BCUT2D eigenvalue weighted by Gasteiger charge is -2.08. The van der Waals surface area contributed by atoms with E-state index in [1.807, 2.05) is 12.2 Å². The number of carbonyl (C=O) groups excluding carboxylic acids is 1. The fraction of sp³-hybridized carbons (Fsp3) is 0.214. The summed E-state index contributed by atoms with van der Waals surface area (Å²) in [7, 11) is 1.52. The minimum Gasteiger partial charge on any atom is -0.507 e. The van der Waals surface area contributed by atoms with Crippen molar-refractivity contribution in [3.05, 3.63) is 47.6 Å². The summed E-state index contributed by atoms with van der Waals surface area (Å²) < 4.78 is 4.98. The van der Waals surface area contributed by atoms with Crippen LogP contribution in [0.15, 0.2) is 42.0 Å². The number of ketones is 1. The van der Waals surface area contributed by atoms with Gasteiger partial charge in [-0.3, -0.25) is 4.79 Å². The summed E-state index contributed by atoms with van der Waals surface area (Å²) in [5.74, 6) is 0.336. The highest BCUT2D eigenvalue weighted by Gasteiger charge is 2.15. The third kappa shape index (κ3) is 2.38. The number of benzene rings is 1. The molecule has 0 spiro atoms. The van der Waals surface area contributed by atoms with Crippen LogP contribution < -0.4 is 4.74 Å². The average molecular weight is 230 g/mol. The second-order valence-corrected chi connectivity index (χ2v) is 3.85. The fourth-order valence-electron chi connectivity index (χ4n) is 1.77. The van der Waals surface area contributed by atoms with Gasteiger partial charge < -0.3 is 9.84 Å². The molecule has 0 saturated carbocycles. The number of phenols is 1. The van der Waals surface area contributed by atoms with E-state index >= 15 is 0 Å². The van der Waals surface area contributed by atoms with Crippen LogP contribution in [0.2, 0.25) is 0 Å². The number of ether oxygens (including phenoxy) is 1. The van der Waals surface area contributed by atoms with Crippen molar-refractivity contribution in [2.24, 2.45) is 0 Å². The number of hydrogen-bond acceptors (Lipinski definition) is 3. The molecule has 0 atom stereocenters. The maximum atomic E-state index is 12.1.